The van der Waals surface area contributed by atoms with Crippen LogP contribution in [0.1, 0.15) is 24.5 Å². The van der Waals surface area contributed by atoms with Gasteiger partial charge >= 0.3 is 0 Å². The molecule has 0 saturated carbocycles. The molecular weight excluding hydrogens is 292 g/mol. The first-order valence-electron chi connectivity index (χ1n) is 6.75. The van der Waals surface area contributed by atoms with E-state index in [4.69, 9.17) is 11.6 Å². The van der Waals surface area contributed by atoms with E-state index in [1.165, 1.54) is 12.1 Å². The quantitative estimate of drug-likeness (QED) is 0.485. The van der Waals surface area contributed by atoms with Gasteiger partial charge in [0.25, 0.3) is 5.69 Å². The van der Waals surface area contributed by atoms with E-state index in [1.54, 1.807) is 10.7 Å². The number of benzene rings is 1. The predicted molar refractivity (Wildman–Crippen MR) is 81.4 cm³/mol. The Morgan fingerprint density at radius 2 is 2.29 bits per heavy atom. The van der Waals surface area contributed by atoms with Crippen LogP contribution in [0, 0.1) is 10.1 Å². The van der Waals surface area contributed by atoms with Crippen LogP contribution in [0.5, 0.6) is 0 Å². The SMILES string of the molecule is CCCNCc1cnn(Cc2ccc([N+](=O)[O-])cc2Cl)c1. The Balaban J connectivity index is 2.03. The van der Waals surface area contributed by atoms with E-state index >= 15 is 0 Å². The average molecular weight is 309 g/mol. The summed E-state index contributed by atoms with van der Waals surface area (Å²) in [6, 6.07) is 4.48. The van der Waals surface area contributed by atoms with Crippen LogP contribution in [-0.2, 0) is 13.1 Å². The van der Waals surface area contributed by atoms with Crippen LogP contribution in [0.15, 0.2) is 30.6 Å². The van der Waals surface area contributed by atoms with Crippen molar-refractivity contribution in [3.8, 4) is 0 Å². The highest BCUT2D eigenvalue weighted by molar-refractivity contribution is 6.31. The lowest BCUT2D eigenvalue weighted by molar-refractivity contribution is -0.384. The number of rotatable bonds is 7. The van der Waals surface area contributed by atoms with Crippen molar-refractivity contribution in [2.45, 2.75) is 26.4 Å². The largest absolute Gasteiger partial charge is 0.313 e. The molecule has 0 atom stereocenters. The fourth-order valence-corrected chi connectivity index (χ4v) is 2.18. The summed E-state index contributed by atoms with van der Waals surface area (Å²) < 4.78 is 1.77. The minimum atomic E-state index is -0.457. The maximum atomic E-state index is 10.7. The van der Waals surface area contributed by atoms with E-state index in [0.29, 0.717) is 11.6 Å². The van der Waals surface area contributed by atoms with Crippen LogP contribution in [0.25, 0.3) is 0 Å². The molecule has 0 aliphatic heterocycles. The molecule has 0 unspecified atom stereocenters. The maximum Gasteiger partial charge on any atom is 0.270 e. The van der Waals surface area contributed by atoms with E-state index in [-0.39, 0.29) is 5.69 Å². The van der Waals surface area contributed by atoms with Gasteiger partial charge in [0.05, 0.1) is 22.7 Å². The van der Waals surface area contributed by atoms with Crippen molar-refractivity contribution in [1.29, 1.82) is 0 Å². The summed E-state index contributed by atoms with van der Waals surface area (Å²) in [4.78, 5) is 10.2. The standard InChI is InChI=1S/C14H17ClN4O2/c1-2-5-16-7-11-8-17-18(9-11)10-12-3-4-13(19(20)21)6-14(12)15/h3-4,6,8-9,16H,2,5,7,10H2,1H3. The molecule has 112 valence electrons. The molecule has 0 fully saturated rings. The fraction of sp³-hybridized carbons (Fsp3) is 0.357. The molecule has 21 heavy (non-hydrogen) atoms. The van der Waals surface area contributed by atoms with Crippen molar-refractivity contribution in [3.05, 3.63) is 56.9 Å². The third kappa shape index (κ3) is 4.27. The van der Waals surface area contributed by atoms with E-state index in [1.807, 2.05) is 12.4 Å². The summed E-state index contributed by atoms with van der Waals surface area (Å²) in [7, 11) is 0. The number of aromatic nitrogens is 2. The lowest BCUT2D eigenvalue weighted by Crippen LogP contribution is -2.13. The normalized spacial score (nSPS) is 10.8. The van der Waals surface area contributed by atoms with Gasteiger partial charge in [0.15, 0.2) is 0 Å². The Bertz CT molecular complexity index is 627. The summed E-state index contributed by atoms with van der Waals surface area (Å²) in [6.07, 6.45) is 4.84. The number of nitrogens with one attached hydrogen (secondary N) is 1. The van der Waals surface area contributed by atoms with Gasteiger partial charge in [-0.2, -0.15) is 5.10 Å². The van der Waals surface area contributed by atoms with Crippen LogP contribution in [0.4, 0.5) is 5.69 Å². The minimum Gasteiger partial charge on any atom is -0.313 e. The van der Waals surface area contributed by atoms with Crippen molar-refractivity contribution in [2.24, 2.45) is 0 Å². The molecule has 1 heterocycles. The van der Waals surface area contributed by atoms with Gasteiger partial charge in [-0.1, -0.05) is 18.5 Å². The van der Waals surface area contributed by atoms with E-state index in [2.05, 4.69) is 17.3 Å². The van der Waals surface area contributed by atoms with Gasteiger partial charge in [0, 0.05) is 30.4 Å². The number of hydrogen-bond donors (Lipinski definition) is 1. The van der Waals surface area contributed by atoms with E-state index < -0.39 is 4.92 Å². The van der Waals surface area contributed by atoms with Crippen molar-refractivity contribution in [2.75, 3.05) is 6.54 Å². The van der Waals surface area contributed by atoms with E-state index in [0.717, 1.165) is 30.6 Å². The molecule has 0 aliphatic rings. The zero-order valence-electron chi connectivity index (χ0n) is 11.8. The molecule has 0 spiro atoms. The zero-order valence-corrected chi connectivity index (χ0v) is 12.5. The molecule has 1 aromatic heterocycles. The van der Waals surface area contributed by atoms with Crippen LogP contribution >= 0.6 is 11.6 Å². The fourth-order valence-electron chi connectivity index (χ4n) is 1.95. The first-order chi connectivity index (χ1) is 10.1. The van der Waals surface area contributed by atoms with Crippen molar-refractivity contribution in [1.82, 2.24) is 15.1 Å². The van der Waals surface area contributed by atoms with Crippen LogP contribution in [0.2, 0.25) is 5.02 Å². The summed E-state index contributed by atoms with van der Waals surface area (Å²) in [5.41, 5.74) is 1.90. The molecule has 1 N–H and O–H groups in total. The van der Waals surface area contributed by atoms with Crippen LogP contribution < -0.4 is 5.32 Å². The second-order valence-electron chi connectivity index (χ2n) is 4.76. The van der Waals surface area contributed by atoms with Crippen molar-refractivity contribution in [3.63, 3.8) is 0 Å². The molecule has 0 bridgehead atoms. The second kappa shape index (κ2) is 7.19. The van der Waals surface area contributed by atoms with Gasteiger partial charge in [-0.3, -0.25) is 14.8 Å². The molecule has 2 rings (SSSR count). The minimum absolute atomic E-state index is 0.00586. The monoisotopic (exact) mass is 308 g/mol. The Morgan fingerprint density at radius 1 is 1.48 bits per heavy atom. The first kappa shape index (κ1) is 15.5. The molecule has 6 nitrogen and oxygen atoms in total. The lowest BCUT2D eigenvalue weighted by Gasteiger charge is -2.04. The smallest absolute Gasteiger partial charge is 0.270 e. The molecule has 2 aromatic rings. The summed E-state index contributed by atoms with van der Waals surface area (Å²) in [6.45, 7) is 4.36. The molecule has 7 heteroatoms. The van der Waals surface area contributed by atoms with Crippen molar-refractivity contribution < 1.29 is 4.92 Å². The molecular formula is C14H17ClN4O2. The zero-order chi connectivity index (χ0) is 15.2. The van der Waals surface area contributed by atoms with Gasteiger partial charge in [0.1, 0.15) is 0 Å². The highest BCUT2D eigenvalue weighted by Gasteiger charge is 2.10. The number of nitro groups is 1. The second-order valence-corrected chi connectivity index (χ2v) is 5.16. The van der Waals surface area contributed by atoms with Gasteiger partial charge in [-0.15, -0.1) is 0 Å². The number of nitro benzene ring substituents is 1. The van der Waals surface area contributed by atoms with Crippen LogP contribution in [0.3, 0.4) is 0 Å². The maximum absolute atomic E-state index is 10.7. The number of halogens is 1. The molecule has 0 radical (unpaired) electrons. The summed E-state index contributed by atoms with van der Waals surface area (Å²) in [5, 5.41) is 18.6. The average Bonchev–Trinajstić information content (AvgIpc) is 2.89. The van der Waals surface area contributed by atoms with Gasteiger partial charge in [0.2, 0.25) is 0 Å². The highest BCUT2D eigenvalue weighted by atomic mass is 35.5. The Morgan fingerprint density at radius 3 is 2.95 bits per heavy atom. The third-order valence-corrected chi connectivity index (χ3v) is 3.37. The summed E-state index contributed by atoms with van der Waals surface area (Å²) >= 11 is 6.07. The molecule has 0 aliphatic carbocycles. The van der Waals surface area contributed by atoms with Gasteiger partial charge < -0.3 is 5.32 Å². The third-order valence-electron chi connectivity index (χ3n) is 3.02. The highest BCUT2D eigenvalue weighted by Crippen LogP contribution is 2.23. The topological polar surface area (TPSA) is 73.0 Å². The van der Waals surface area contributed by atoms with Gasteiger partial charge in [-0.05, 0) is 24.6 Å². The number of nitrogens with zero attached hydrogens (tertiary/aromatic N) is 3. The molecule has 0 amide bonds. The van der Waals surface area contributed by atoms with Crippen molar-refractivity contribution >= 4 is 17.3 Å². The molecule has 1 aromatic carbocycles. The number of hydrogen-bond acceptors (Lipinski definition) is 4. The Hall–Kier alpha value is -1.92. The Kier molecular flexibility index (Phi) is 5.30. The molecule has 0 saturated heterocycles. The van der Waals surface area contributed by atoms with Gasteiger partial charge in [-0.25, -0.2) is 0 Å². The Labute approximate surface area is 127 Å². The predicted octanol–water partition coefficient (Wildman–Crippen LogP) is 2.99. The lowest BCUT2D eigenvalue weighted by atomic mass is 10.2. The van der Waals surface area contributed by atoms with Crippen LogP contribution in [-0.4, -0.2) is 21.2 Å². The number of non-ortho nitro benzene ring substituents is 1. The first-order valence-corrected chi connectivity index (χ1v) is 7.13. The summed E-state index contributed by atoms with van der Waals surface area (Å²) in [5.74, 6) is 0. The van der Waals surface area contributed by atoms with E-state index in [9.17, 15) is 10.1 Å².